The van der Waals surface area contributed by atoms with Crippen LogP contribution in [0.1, 0.15) is 5.56 Å². The normalized spacial score (nSPS) is 14.4. The van der Waals surface area contributed by atoms with Crippen molar-refractivity contribution >= 4 is 34.7 Å². The second kappa shape index (κ2) is 5.43. The number of carboxylic acids is 1. The molecule has 1 aliphatic heterocycles. The molecule has 0 fully saturated rings. The Kier molecular flexibility index (Phi) is 3.66. The van der Waals surface area contributed by atoms with Gasteiger partial charge in [0.1, 0.15) is 0 Å². The molecule has 0 unspecified atom stereocenters. The summed E-state index contributed by atoms with van der Waals surface area (Å²) < 4.78 is 0. The SMILES string of the molecule is O=C(O)CON=C1C(=O)Nc2cc([N+](=O)[O-])c([N+](=O)[O-])cc21. The van der Waals surface area contributed by atoms with Crippen LogP contribution in [0.15, 0.2) is 17.3 Å². The average Bonchev–Trinajstić information content (AvgIpc) is 2.72. The summed E-state index contributed by atoms with van der Waals surface area (Å²) in [6, 6.07) is 1.62. The summed E-state index contributed by atoms with van der Waals surface area (Å²) in [7, 11) is 0. The van der Waals surface area contributed by atoms with Crippen LogP contribution in [0, 0.1) is 20.2 Å². The summed E-state index contributed by atoms with van der Waals surface area (Å²) in [6.07, 6.45) is 0. The summed E-state index contributed by atoms with van der Waals surface area (Å²) in [5.41, 5.74) is -2.18. The van der Waals surface area contributed by atoms with Crippen LogP contribution in [0.2, 0.25) is 0 Å². The van der Waals surface area contributed by atoms with Gasteiger partial charge in [-0.1, -0.05) is 5.16 Å². The molecule has 0 bridgehead atoms. The smallest absolute Gasteiger partial charge is 0.348 e. The average molecular weight is 310 g/mol. The van der Waals surface area contributed by atoms with Crippen LogP contribution in [-0.4, -0.2) is 39.1 Å². The molecule has 2 rings (SSSR count). The molecular formula is C10H6N4O8. The van der Waals surface area contributed by atoms with Gasteiger partial charge in [0, 0.05) is 17.7 Å². The van der Waals surface area contributed by atoms with Gasteiger partial charge in [-0.15, -0.1) is 0 Å². The highest BCUT2D eigenvalue weighted by Gasteiger charge is 2.35. The van der Waals surface area contributed by atoms with E-state index in [1.165, 1.54) is 0 Å². The van der Waals surface area contributed by atoms with E-state index in [4.69, 9.17) is 5.11 Å². The largest absolute Gasteiger partial charge is 0.479 e. The quantitative estimate of drug-likeness (QED) is 0.574. The van der Waals surface area contributed by atoms with Crippen molar-refractivity contribution in [3.63, 3.8) is 0 Å². The molecule has 2 N–H and O–H groups in total. The van der Waals surface area contributed by atoms with Crippen molar-refractivity contribution in [1.29, 1.82) is 0 Å². The minimum Gasteiger partial charge on any atom is -0.479 e. The number of rotatable bonds is 5. The van der Waals surface area contributed by atoms with Gasteiger partial charge in [-0.3, -0.25) is 25.0 Å². The molecule has 0 atom stereocenters. The number of carbonyl (C=O) groups excluding carboxylic acids is 1. The van der Waals surface area contributed by atoms with Crippen LogP contribution in [0.5, 0.6) is 0 Å². The van der Waals surface area contributed by atoms with Crippen LogP contribution >= 0.6 is 0 Å². The maximum absolute atomic E-state index is 11.7. The lowest BCUT2D eigenvalue weighted by Gasteiger charge is -2.00. The molecule has 1 aromatic rings. The van der Waals surface area contributed by atoms with Gasteiger partial charge in [-0.2, -0.15) is 0 Å². The summed E-state index contributed by atoms with van der Waals surface area (Å²) in [6.45, 7) is -0.818. The predicted molar refractivity (Wildman–Crippen MR) is 68.5 cm³/mol. The Morgan fingerprint density at radius 3 is 2.41 bits per heavy atom. The van der Waals surface area contributed by atoms with E-state index in [-0.39, 0.29) is 11.3 Å². The number of nitro benzene ring substituents is 2. The maximum atomic E-state index is 11.7. The number of nitrogens with one attached hydrogen (secondary N) is 1. The molecule has 1 aliphatic rings. The Morgan fingerprint density at radius 2 is 1.86 bits per heavy atom. The molecule has 12 heteroatoms. The first-order chi connectivity index (χ1) is 10.3. The number of aliphatic carboxylic acids is 1. The number of oxime groups is 1. The first-order valence-corrected chi connectivity index (χ1v) is 5.51. The van der Waals surface area contributed by atoms with Crippen molar-refractivity contribution in [2.24, 2.45) is 5.16 Å². The Labute approximate surface area is 120 Å². The van der Waals surface area contributed by atoms with Crippen LogP contribution in [-0.2, 0) is 14.4 Å². The van der Waals surface area contributed by atoms with E-state index in [1.807, 2.05) is 0 Å². The van der Waals surface area contributed by atoms with E-state index in [9.17, 15) is 29.8 Å². The van der Waals surface area contributed by atoms with Crippen molar-refractivity contribution in [1.82, 2.24) is 0 Å². The highest BCUT2D eigenvalue weighted by molar-refractivity contribution is 6.53. The molecule has 12 nitrogen and oxygen atoms in total. The zero-order valence-corrected chi connectivity index (χ0v) is 10.5. The summed E-state index contributed by atoms with van der Waals surface area (Å²) >= 11 is 0. The second-order valence-corrected chi connectivity index (χ2v) is 3.96. The fourth-order valence-electron chi connectivity index (χ4n) is 1.72. The van der Waals surface area contributed by atoms with E-state index in [0.717, 1.165) is 12.1 Å². The number of anilines is 1. The zero-order chi connectivity index (χ0) is 16.4. The van der Waals surface area contributed by atoms with Crippen LogP contribution in [0.25, 0.3) is 0 Å². The molecule has 1 amide bonds. The van der Waals surface area contributed by atoms with Crippen LogP contribution in [0.4, 0.5) is 17.1 Å². The highest BCUT2D eigenvalue weighted by atomic mass is 16.6. The van der Waals surface area contributed by atoms with Crippen molar-refractivity contribution in [2.75, 3.05) is 11.9 Å². The van der Waals surface area contributed by atoms with Crippen molar-refractivity contribution in [2.45, 2.75) is 0 Å². The Bertz CT molecular complexity index is 741. The summed E-state index contributed by atoms with van der Waals surface area (Å²) in [5, 5.41) is 35.6. The number of nitro groups is 2. The third-order valence-corrected chi connectivity index (χ3v) is 2.57. The van der Waals surface area contributed by atoms with E-state index in [0.29, 0.717) is 0 Å². The van der Waals surface area contributed by atoms with E-state index in [1.54, 1.807) is 0 Å². The number of carboxylic acid groups (broad SMARTS) is 1. The van der Waals surface area contributed by atoms with Gasteiger partial charge in [-0.05, 0) is 0 Å². The minimum absolute atomic E-state index is 0.0556. The number of benzene rings is 1. The molecule has 0 aromatic heterocycles. The molecular weight excluding hydrogens is 304 g/mol. The minimum atomic E-state index is -1.34. The van der Waals surface area contributed by atoms with E-state index < -0.39 is 45.4 Å². The molecule has 0 aliphatic carbocycles. The number of fused-ring (bicyclic) bond motifs is 1. The van der Waals surface area contributed by atoms with Crippen LogP contribution in [0.3, 0.4) is 0 Å². The Balaban J connectivity index is 2.49. The van der Waals surface area contributed by atoms with E-state index in [2.05, 4.69) is 15.3 Å². The number of hydrogen-bond acceptors (Lipinski definition) is 8. The Morgan fingerprint density at radius 1 is 1.27 bits per heavy atom. The third kappa shape index (κ3) is 2.65. The van der Waals surface area contributed by atoms with Crippen molar-refractivity contribution < 1.29 is 29.4 Å². The van der Waals surface area contributed by atoms with Gasteiger partial charge in [0.2, 0.25) is 6.61 Å². The lowest BCUT2D eigenvalue weighted by atomic mass is 10.1. The zero-order valence-electron chi connectivity index (χ0n) is 10.5. The monoisotopic (exact) mass is 310 g/mol. The summed E-state index contributed by atoms with van der Waals surface area (Å²) in [4.78, 5) is 46.1. The molecule has 0 saturated heterocycles. The van der Waals surface area contributed by atoms with Crippen LogP contribution < -0.4 is 5.32 Å². The molecule has 1 heterocycles. The number of carbonyl (C=O) groups is 2. The second-order valence-electron chi connectivity index (χ2n) is 3.96. The Hall–Kier alpha value is -3.57. The van der Waals surface area contributed by atoms with Gasteiger partial charge in [-0.25, -0.2) is 4.79 Å². The number of nitrogens with zero attached hydrogens (tertiary/aromatic N) is 3. The molecule has 0 spiro atoms. The first kappa shape index (κ1) is 14.8. The van der Waals surface area contributed by atoms with Gasteiger partial charge >= 0.3 is 17.3 Å². The maximum Gasteiger partial charge on any atom is 0.348 e. The third-order valence-electron chi connectivity index (χ3n) is 2.57. The fraction of sp³-hybridized carbons (Fsp3) is 0.100. The van der Waals surface area contributed by atoms with Crippen molar-refractivity contribution in [3.05, 3.63) is 37.9 Å². The summed E-state index contributed by atoms with van der Waals surface area (Å²) in [5.74, 6) is -2.16. The molecule has 114 valence electrons. The number of amides is 1. The van der Waals surface area contributed by atoms with Gasteiger partial charge < -0.3 is 15.3 Å². The van der Waals surface area contributed by atoms with E-state index >= 15 is 0 Å². The predicted octanol–water partition coefficient (Wildman–Crippen LogP) is 0.260. The van der Waals surface area contributed by atoms with Gasteiger partial charge in [0.05, 0.1) is 15.5 Å². The first-order valence-electron chi connectivity index (χ1n) is 5.51. The topological polar surface area (TPSA) is 174 Å². The number of hydrogen-bond donors (Lipinski definition) is 2. The van der Waals surface area contributed by atoms with Gasteiger partial charge in [0.15, 0.2) is 5.71 Å². The molecule has 0 saturated carbocycles. The standard InChI is InChI=1S/C10H6N4O8/c15-8(16)3-22-12-9-4-1-6(13(18)19)7(14(20)21)2-5(4)11-10(9)17/h1-2H,3H2,(H,15,16)(H,11,12,17). The van der Waals surface area contributed by atoms with Gasteiger partial charge in [0.25, 0.3) is 5.91 Å². The lowest BCUT2D eigenvalue weighted by molar-refractivity contribution is -0.422. The molecule has 0 radical (unpaired) electrons. The molecule has 1 aromatic carbocycles. The lowest BCUT2D eigenvalue weighted by Crippen LogP contribution is -2.15. The van der Waals surface area contributed by atoms with Crippen molar-refractivity contribution in [3.8, 4) is 0 Å². The molecule has 22 heavy (non-hydrogen) atoms. The fourth-order valence-corrected chi connectivity index (χ4v) is 1.72. The highest BCUT2D eigenvalue weighted by Crippen LogP contribution is 2.35.